The lowest BCUT2D eigenvalue weighted by atomic mass is 10.2. The fraction of sp³-hybridized carbons (Fsp3) is 0.400. The number of nitrogens with zero attached hydrogens (tertiary/aromatic N) is 1. The van der Waals surface area contributed by atoms with Crippen molar-refractivity contribution in [2.24, 2.45) is 0 Å². The van der Waals surface area contributed by atoms with Crippen LogP contribution in [0.4, 0.5) is 13.2 Å². The Morgan fingerprint density at radius 3 is 2.75 bits per heavy atom. The fourth-order valence-corrected chi connectivity index (χ4v) is 1.16. The molecule has 6 heteroatoms. The first-order valence-corrected chi connectivity index (χ1v) is 4.73. The molecule has 3 nitrogen and oxygen atoms in total. The van der Waals surface area contributed by atoms with Crippen LogP contribution in [0.3, 0.4) is 0 Å². The van der Waals surface area contributed by atoms with Crippen LogP contribution in [-0.2, 0) is 17.5 Å². The Bertz CT molecular complexity index is 377. The lowest BCUT2D eigenvalue weighted by Gasteiger charge is -2.11. The van der Waals surface area contributed by atoms with E-state index in [1.54, 1.807) is 6.92 Å². The fourth-order valence-electron chi connectivity index (χ4n) is 1.16. The van der Waals surface area contributed by atoms with Crippen molar-refractivity contribution in [2.45, 2.75) is 26.1 Å². The van der Waals surface area contributed by atoms with Crippen LogP contribution in [0.25, 0.3) is 0 Å². The van der Waals surface area contributed by atoms with E-state index in [1.807, 2.05) is 0 Å². The third-order valence-corrected chi connectivity index (χ3v) is 1.96. The molecule has 16 heavy (non-hydrogen) atoms. The van der Waals surface area contributed by atoms with Gasteiger partial charge in [-0.15, -0.1) is 0 Å². The van der Waals surface area contributed by atoms with Crippen LogP contribution >= 0.6 is 0 Å². The largest absolute Gasteiger partial charge is 0.433 e. The average molecular weight is 232 g/mol. The molecule has 1 aromatic rings. The van der Waals surface area contributed by atoms with Gasteiger partial charge in [0.1, 0.15) is 5.69 Å². The van der Waals surface area contributed by atoms with E-state index in [9.17, 15) is 18.0 Å². The molecule has 0 aliphatic heterocycles. The summed E-state index contributed by atoms with van der Waals surface area (Å²) >= 11 is 0. The van der Waals surface area contributed by atoms with Crippen molar-refractivity contribution in [3.8, 4) is 0 Å². The third kappa shape index (κ3) is 3.22. The van der Waals surface area contributed by atoms with E-state index in [0.717, 1.165) is 6.20 Å². The van der Waals surface area contributed by atoms with Crippen LogP contribution < -0.4 is 5.32 Å². The minimum absolute atomic E-state index is 0.0307. The molecule has 0 spiro atoms. The number of halogens is 3. The summed E-state index contributed by atoms with van der Waals surface area (Å²) < 4.78 is 37.4. The highest BCUT2D eigenvalue weighted by molar-refractivity contribution is 5.75. The molecule has 88 valence electrons. The quantitative estimate of drug-likeness (QED) is 0.867. The zero-order chi connectivity index (χ0) is 12.2. The van der Waals surface area contributed by atoms with Gasteiger partial charge in [0.25, 0.3) is 0 Å². The molecule has 0 aliphatic carbocycles. The van der Waals surface area contributed by atoms with E-state index in [1.165, 1.54) is 12.1 Å². The first-order chi connectivity index (χ1) is 7.45. The molecular weight excluding hydrogens is 221 g/mol. The third-order valence-electron chi connectivity index (χ3n) is 1.96. The van der Waals surface area contributed by atoms with Crippen LogP contribution in [-0.4, -0.2) is 10.9 Å². The number of amides is 1. The van der Waals surface area contributed by atoms with Gasteiger partial charge >= 0.3 is 6.18 Å². The van der Waals surface area contributed by atoms with Crippen molar-refractivity contribution in [3.05, 3.63) is 29.6 Å². The monoisotopic (exact) mass is 232 g/mol. The first-order valence-electron chi connectivity index (χ1n) is 4.73. The van der Waals surface area contributed by atoms with Crippen molar-refractivity contribution in [1.29, 1.82) is 0 Å². The summed E-state index contributed by atoms with van der Waals surface area (Å²) in [5, 5.41) is 2.38. The lowest BCUT2D eigenvalue weighted by Crippen LogP contribution is -2.24. The molecule has 1 heterocycles. The van der Waals surface area contributed by atoms with Gasteiger partial charge in [0.2, 0.25) is 5.91 Å². The summed E-state index contributed by atoms with van der Waals surface area (Å²) in [4.78, 5) is 14.2. The molecule has 1 aromatic heterocycles. The Hall–Kier alpha value is -1.59. The molecule has 0 bridgehead atoms. The van der Waals surface area contributed by atoms with Crippen molar-refractivity contribution in [3.63, 3.8) is 0 Å². The summed E-state index contributed by atoms with van der Waals surface area (Å²) in [6.45, 7) is 1.47. The van der Waals surface area contributed by atoms with Crippen molar-refractivity contribution >= 4 is 5.91 Å². The molecule has 1 N–H and O–H groups in total. The number of pyridine rings is 1. The smallest absolute Gasteiger partial charge is 0.352 e. The molecule has 0 saturated heterocycles. The minimum Gasteiger partial charge on any atom is -0.352 e. The van der Waals surface area contributed by atoms with Gasteiger partial charge in [0.15, 0.2) is 0 Å². The second-order valence-electron chi connectivity index (χ2n) is 3.14. The van der Waals surface area contributed by atoms with E-state index in [4.69, 9.17) is 0 Å². The number of hydrogen-bond donors (Lipinski definition) is 1. The first kappa shape index (κ1) is 12.5. The molecule has 0 unspecified atom stereocenters. The maximum absolute atomic E-state index is 12.5. The number of alkyl halides is 3. The SMILES string of the molecule is CCC(=O)NCc1cccnc1C(F)(F)F. The Morgan fingerprint density at radius 2 is 2.19 bits per heavy atom. The molecule has 1 amide bonds. The number of rotatable bonds is 3. The second kappa shape index (κ2) is 4.96. The van der Waals surface area contributed by atoms with Crippen LogP contribution in [0.2, 0.25) is 0 Å². The standard InChI is InChI=1S/C10H11F3N2O/c1-2-8(16)15-6-7-4-3-5-14-9(7)10(11,12)13/h3-5H,2,6H2,1H3,(H,15,16). The molecular formula is C10H11F3N2O. The second-order valence-corrected chi connectivity index (χ2v) is 3.14. The highest BCUT2D eigenvalue weighted by atomic mass is 19.4. The molecule has 0 aromatic carbocycles. The Balaban J connectivity index is 2.84. The number of aromatic nitrogens is 1. The molecule has 0 radical (unpaired) electrons. The maximum atomic E-state index is 12.5. The van der Waals surface area contributed by atoms with Gasteiger partial charge in [0, 0.05) is 24.7 Å². The molecule has 1 rings (SSSR count). The van der Waals surface area contributed by atoms with Crippen molar-refractivity contribution in [1.82, 2.24) is 10.3 Å². The Morgan fingerprint density at radius 1 is 1.50 bits per heavy atom. The van der Waals surface area contributed by atoms with Crippen molar-refractivity contribution in [2.75, 3.05) is 0 Å². The van der Waals surface area contributed by atoms with Gasteiger partial charge in [0.05, 0.1) is 0 Å². The van der Waals surface area contributed by atoms with Gasteiger partial charge in [-0.2, -0.15) is 13.2 Å². The van der Waals surface area contributed by atoms with Crippen LogP contribution in [0.15, 0.2) is 18.3 Å². The van der Waals surface area contributed by atoms with E-state index < -0.39 is 11.9 Å². The van der Waals surface area contributed by atoms with E-state index in [0.29, 0.717) is 0 Å². The van der Waals surface area contributed by atoms with Gasteiger partial charge in [-0.25, -0.2) is 0 Å². The summed E-state index contributed by atoms with van der Waals surface area (Å²) in [5.74, 6) is -0.294. The predicted molar refractivity (Wildman–Crippen MR) is 51.4 cm³/mol. The molecule has 0 fully saturated rings. The molecule has 0 aliphatic rings. The van der Waals surface area contributed by atoms with Gasteiger partial charge in [-0.3, -0.25) is 9.78 Å². The number of carbonyl (C=O) groups is 1. The van der Waals surface area contributed by atoms with Crippen molar-refractivity contribution < 1.29 is 18.0 Å². The zero-order valence-corrected chi connectivity index (χ0v) is 8.64. The van der Waals surface area contributed by atoms with Crippen LogP contribution in [0.5, 0.6) is 0 Å². The summed E-state index contributed by atoms with van der Waals surface area (Å²) in [6, 6.07) is 2.70. The summed E-state index contributed by atoms with van der Waals surface area (Å²) in [5.41, 5.74) is -0.983. The van der Waals surface area contributed by atoms with Crippen LogP contribution in [0, 0.1) is 0 Å². The van der Waals surface area contributed by atoms with E-state index >= 15 is 0 Å². The summed E-state index contributed by atoms with van der Waals surface area (Å²) in [6.07, 6.45) is -3.18. The normalized spacial score (nSPS) is 11.2. The predicted octanol–water partition coefficient (Wildman–Crippen LogP) is 2.13. The molecule has 0 saturated carbocycles. The Labute approximate surface area is 90.7 Å². The van der Waals surface area contributed by atoms with Gasteiger partial charge in [-0.05, 0) is 6.07 Å². The van der Waals surface area contributed by atoms with E-state index in [-0.39, 0.29) is 24.4 Å². The number of hydrogen-bond acceptors (Lipinski definition) is 2. The Kier molecular flexibility index (Phi) is 3.87. The van der Waals surface area contributed by atoms with Gasteiger partial charge in [-0.1, -0.05) is 13.0 Å². The number of carbonyl (C=O) groups excluding carboxylic acids is 1. The maximum Gasteiger partial charge on any atom is 0.433 e. The highest BCUT2D eigenvalue weighted by Crippen LogP contribution is 2.29. The minimum atomic E-state index is -4.49. The zero-order valence-electron chi connectivity index (χ0n) is 8.64. The lowest BCUT2D eigenvalue weighted by molar-refractivity contribution is -0.142. The number of nitrogens with one attached hydrogen (secondary N) is 1. The average Bonchev–Trinajstić information content (AvgIpc) is 2.25. The van der Waals surface area contributed by atoms with Crippen LogP contribution in [0.1, 0.15) is 24.6 Å². The van der Waals surface area contributed by atoms with E-state index in [2.05, 4.69) is 10.3 Å². The highest BCUT2D eigenvalue weighted by Gasteiger charge is 2.34. The topological polar surface area (TPSA) is 42.0 Å². The van der Waals surface area contributed by atoms with Gasteiger partial charge < -0.3 is 5.32 Å². The summed E-state index contributed by atoms with van der Waals surface area (Å²) in [7, 11) is 0. The molecule has 0 atom stereocenters.